The van der Waals surface area contributed by atoms with Gasteiger partial charge in [-0.3, -0.25) is 0 Å². The Morgan fingerprint density at radius 1 is 1.20 bits per heavy atom. The molecular formula is C23H24ClNO5. The van der Waals surface area contributed by atoms with Gasteiger partial charge in [0.2, 0.25) is 5.89 Å². The minimum absolute atomic E-state index is 0.220. The van der Waals surface area contributed by atoms with Gasteiger partial charge in [-0.2, -0.15) is 0 Å². The lowest BCUT2D eigenvalue weighted by molar-refractivity contribution is -0.168. The molecule has 3 aromatic rings. The van der Waals surface area contributed by atoms with E-state index in [0.29, 0.717) is 40.3 Å². The van der Waals surface area contributed by atoms with E-state index in [1.165, 1.54) is 7.11 Å². The van der Waals surface area contributed by atoms with Crippen molar-refractivity contribution in [2.45, 2.75) is 33.0 Å². The highest BCUT2D eigenvalue weighted by atomic mass is 35.5. The minimum atomic E-state index is -1.30. The molecule has 0 N–H and O–H groups in total. The Labute approximate surface area is 180 Å². The van der Waals surface area contributed by atoms with Crippen LogP contribution in [-0.2, 0) is 26.5 Å². The fourth-order valence-electron chi connectivity index (χ4n) is 3.12. The second-order valence-electron chi connectivity index (χ2n) is 6.78. The molecule has 0 saturated heterocycles. The Morgan fingerprint density at radius 2 is 1.93 bits per heavy atom. The fraction of sp³-hybridized carbons (Fsp3) is 0.304. The van der Waals surface area contributed by atoms with E-state index < -0.39 is 11.6 Å². The summed E-state index contributed by atoms with van der Waals surface area (Å²) < 4.78 is 22.2. The van der Waals surface area contributed by atoms with E-state index >= 15 is 0 Å². The number of esters is 1. The summed E-state index contributed by atoms with van der Waals surface area (Å²) in [4.78, 5) is 16.8. The molecule has 0 spiro atoms. The van der Waals surface area contributed by atoms with Crippen LogP contribution in [0.15, 0.2) is 52.9 Å². The normalized spacial score (nSPS) is 13.0. The van der Waals surface area contributed by atoms with Crippen molar-refractivity contribution in [2.75, 3.05) is 13.7 Å². The number of hydrogen-bond donors (Lipinski definition) is 0. The summed E-state index contributed by atoms with van der Waals surface area (Å²) in [5, 5.41) is 0.343. The summed E-state index contributed by atoms with van der Waals surface area (Å²) in [7, 11) is 1.31. The Kier molecular flexibility index (Phi) is 6.80. The van der Waals surface area contributed by atoms with Gasteiger partial charge in [0.05, 0.1) is 12.1 Å². The number of halogens is 1. The molecular weight excluding hydrogens is 406 g/mol. The molecule has 0 amide bonds. The predicted molar refractivity (Wildman–Crippen MR) is 113 cm³/mol. The smallest absolute Gasteiger partial charge is 0.342 e. The topological polar surface area (TPSA) is 70.8 Å². The summed E-state index contributed by atoms with van der Waals surface area (Å²) in [6, 6.07) is 14.7. The summed E-state index contributed by atoms with van der Waals surface area (Å²) in [5.74, 6) is 1.25. The Bertz CT molecular complexity index is 1020. The molecule has 0 aliphatic carbocycles. The molecule has 0 radical (unpaired) electrons. The van der Waals surface area contributed by atoms with Gasteiger partial charge in [0.1, 0.15) is 23.8 Å². The van der Waals surface area contributed by atoms with E-state index in [0.717, 1.165) is 5.56 Å². The molecule has 7 heteroatoms. The van der Waals surface area contributed by atoms with Crippen molar-refractivity contribution in [1.29, 1.82) is 0 Å². The van der Waals surface area contributed by atoms with Crippen molar-refractivity contribution in [2.24, 2.45) is 0 Å². The van der Waals surface area contributed by atoms with Crippen LogP contribution in [0.25, 0.3) is 11.5 Å². The maximum atomic E-state index is 12.3. The fourth-order valence-corrected chi connectivity index (χ4v) is 3.47. The number of aryl methyl sites for hydroxylation is 1. The number of oxazole rings is 1. The maximum absolute atomic E-state index is 12.3. The standard InChI is InChI=1S/C23H24ClNO5/c1-5-29-23(3,22(26)27-4)18-12-11-17(13-19(18)24)28-14-20-15(2)30-21(25-20)16-9-7-6-8-10-16/h6-13H,5,14H2,1-4H3. The highest BCUT2D eigenvalue weighted by Gasteiger charge is 2.39. The molecule has 0 aliphatic heterocycles. The van der Waals surface area contributed by atoms with Crippen molar-refractivity contribution in [1.82, 2.24) is 4.98 Å². The maximum Gasteiger partial charge on any atom is 0.342 e. The van der Waals surface area contributed by atoms with Crippen LogP contribution in [0.4, 0.5) is 0 Å². The van der Waals surface area contributed by atoms with Crippen LogP contribution in [0.1, 0.15) is 30.9 Å². The number of methoxy groups -OCH3 is 1. The van der Waals surface area contributed by atoms with Gasteiger partial charge in [0.25, 0.3) is 0 Å². The van der Waals surface area contributed by atoms with Gasteiger partial charge in [-0.15, -0.1) is 0 Å². The monoisotopic (exact) mass is 429 g/mol. The number of rotatable bonds is 8. The number of carbonyl (C=O) groups is 1. The van der Waals surface area contributed by atoms with E-state index in [1.807, 2.05) is 37.3 Å². The molecule has 1 atom stereocenters. The lowest BCUT2D eigenvalue weighted by Crippen LogP contribution is -2.37. The van der Waals surface area contributed by atoms with Crippen LogP contribution in [0, 0.1) is 6.92 Å². The molecule has 2 aromatic carbocycles. The van der Waals surface area contributed by atoms with E-state index in [4.69, 9.17) is 30.2 Å². The number of benzene rings is 2. The van der Waals surface area contributed by atoms with Gasteiger partial charge < -0.3 is 18.6 Å². The molecule has 0 aliphatic rings. The third-order valence-electron chi connectivity index (χ3n) is 4.75. The van der Waals surface area contributed by atoms with Crippen LogP contribution < -0.4 is 4.74 Å². The first-order chi connectivity index (χ1) is 14.4. The molecule has 3 rings (SSSR count). The largest absolute Gasteiger partial charge is 0.487 e. The Hall–Kier alpha value is -2.83. The summed E-state index contributed by atoms with van der Waals surface area (Å²) in [6.07, 6.45) is 0. The van der Waals surface area contributed by atoms with E-state index in [2.05, 4.69) is 4.98 Å². The zero-order valence-corrected chi connectivity index (χ0v) is 18.2. The number of ether oxygens (including phenoxy) is 3. The Balaban J connectivity index is 1.77. The zero-order valence-electron chi connectivity index (χ0n) is 17.4. The number of carbonyl (C=O) groups excluding carboxylic acids is 1. The highest BCUT2D eigenvalue weighted by Crippen LogP contribution is 2.35. The van der Waals surface area contributed by atoms with Gasteiger partial charge in [-0.25, -0.2) is 9.78 Å². The van der Waals surface area contributed by atoms with Crippen LogP contribution >= 0.6 is 11.6 Å². The lowest BCUT2D eigenvalue weighted by Gasteiger charge is -2.28. The lowest BCUT2D eigenvalue weighted by atomic mass is 9.95. The quantitative estimate of drug-likeness (QED) is 0.452. The van der Waals surface area contributed by atoms with Gasteiger partial charge in [-0.1, -0.05) is 35.9 Å². The molecule has 1 aromatic heterocycles. The first-order valence-electron chi connectivity index (χ1n) is 9.56. The molecule has 158 valence electrons. The number of nitrogens with zero attached hydrogens (tertiary/aromatic N) is 1. The average molecular weight is 430 g/mol. The van der Waals surface area contributed by atoms with E-state index in [-0.39, 0.29) is 6.61 Å². The van der Waals surface area contributed by atoms with Crippen molar-refractivity contribution < 1.29 is 23.4 Å². The predicted octanol–water partition coefficient (Wildman–Crippen LogP) is 5.31. The summed E-state index contributed by atoms with van der Waals surface area (Å²) in [5.41, 5.74) is 0.807. The number of aromatic nitrogens is 1. The highest BCUT2D eigenvalue weighted by molar-refractivity contribution is 6.31. The molecule has 0 bridgehead atoms. The van der Waals surface area contributed by atoms with Crippen molar-refractivity contribution in [3.05, 3.63) is 70.6 Å². The first kappa shape index (κ1) is 21.9. The summed E-state index contributed by atoms with van der Waals surface area (Å²) in [6.45, 7) is 5.83. The molecule has 1 heterocycles. The van der Waals surface area contributed by atoms with Crippen molar-refractivity contribution in [3.8, 4) is 17.2 Å². The third-order valence-corrected chi connectivity index (χ3v) is 5.06. The SMILES string of the molecule is CCOC(C)(C(=O)OC)c1ccc(OCc2nc(-c3ccccc3)oc2C)cc1Cl. The van der Waals surface area contributed by atoms with Gasteiger partial charge >= 0.3 is 5.97 Å². The second kappa shape index (κ2) is 9.32. The molecule has 6 nitrogen and oxygen atoms in total. The molecule has 30 heavy (non-hydrogen) atoms. The van der Waals surface area contributed by atoms with Crippen LogP contribution in [0.3, 0.4) is 0 Å². The second-order valence-corrected chi connectivity index (χ2v) is 7.18. The van der Waals surface area contributed by atoms with Gasteiger partial charge in [-0.05, 0) is 45.0 Å². The van der Waals surface area contributed by atoms with E-state index in [9.17, 15) is 4.79 Å². The van der Waals surface area contributed by atoms with Crippen molar-refractivity contribution in [3.63, 3.8) is 0 Å². The molecule has 0 saturated carbocycles. The third kappa shape index (κ3) is 4.50. The number of hydrogen-bond acceptors (Lipinski definition) is 6. The van der Waals surface area contributed by atoms with Crippen LogP contribution in [0.5, 0.6) is 5.75 Å². The van der Waals surface area contributed by atoms with Crippen molar-refractivity contribution >= 4 is 17.6 Å². The minimum Gasteiger partial charge on any atom is -0.487 e. The van der Waals surface area contributed by atoms with E-state index in [1.54, 1.807) is 32.0 Å². The van der Waals surface area contributed by atoms with Crippen LogP contribution in [-0.4, -0.2) is 24.7 Å². The Morgan fingerprint density at radius 3 is 2.57 bits per heavy atom. The zero-order chi connectivity index (χ0) is 21.7. The summed E-state index contributed by atoms with van der Waals surface area (Å²) >= 11 is 6.45. The first-order valence-corrected chi connectivity index (χ1v) is 9.93. The van der Waals surface area contributed by atoms with Gasteiger partial charge in [0.15, 0.2) is 5.60 Å². The van der Waals surface area contributed by atoms with Crippen LogP contribution in [0.2, 0.25) is 5.02 Å². The average Bonchev–Trinajstić information content (AvgIpc) is 3.13. The molecule has 1 unspecified atom stereocenters. The molecule has 0 fully saturated rings. The van der Waals surface area contributed by atoms with Gasteiger partial charge in [0, 0.05) is 17.7 Å².